The summed E-state index contributed by atoms with van der Waals surface area (Å²) >= 11 is 2.38. The van der Waals surface area contributed by atoms with Crippen molar-refractivity contribution in [3.05, 3.63) is 9.81 Å². The van der Waals surface area contributed by atoms with Crippen molar-refractivity contribution in [1.82, 2.24) is 0 Å². The molecule has 0 aliphatic heterocycles. The number of nitroso groups, excluding NO2 is 2. The third-order valence-corrected chi connectivity index (χ3v) is 14.1. The van der Waals surface area contributed by atoms with Crippen LogP contribution in [0.25, 0.3) is 0 Å². The second-order valence-electron chi connectivity index (χ2n) is 13.3. The Kier molecular flexibility index (Phi) is 7.84. The van der Waals surface area contributed by atoms with Gasteiger partial charge in [-0.25, -0.2) is 0 Å². The van der Waals surface area contributed by atoms with Gasteiger partial charge in [-0.3, -0.25) is 9.59 Å². The molecule has 0 saturated heterocycles. The highest BCUT2D eigenvalue weighted by atomic mass is 32.2. The van der Waals surface area contributed by atoms with Crippen LogP contribution in [0.1, 0.15) is 89.9 Å². The van der Waals surface area contributed by atoms with Gasteiger partial charge in [0.05, 0.1) is 35.5 Å². The Balaban J connectivity index is 0.931. The number of carbonyl (C=O) groups excluding carboxylic acids is 2. The minimum atomic E-state index is -0.400. The summed E-state index contributed by atoms with van der Waals surface area (Å²) in [5, 5.41) is 0. The molecule has 0 amide bonds. The van der Waals surface area contributed by atoms with Crippen LogP contribution in [0.2, 0.25) is 0 Å². The summed E-state index contributed by atoms with van der Waals surface area (Å²) in [5.41, 5.74) is 0. The van der Waals surface area contributed by atoms with E-state index in [9.17, 15) is 19.4 Å². The molecule has 0 N–H and O–H groups in total. The minimum absolute atomic E-state index is 0.00763. The smallest absolute Gasteiger partial charge is 0.306 e. The van der Waals surface area contributed by atoms with Crippen LogP contribution in [0.15, 0.2) is 9.16 Å². The van der Waals surface area contributed by atoms with E-state index >= 15 is 0 Å². The van der Waals surface area contributed by atoms with E-state index in [0.29, 0.717) is 36.5 Å². The maximum absolute atomic E-state index is 12.4. The van der Waals surface area contributed by atoms with Gasteiger partial charge >= 0.3 is 11.9 Å². The summed E-state index contributed by atoms with van der Waals surface area (Å²) < 4.78 is 17.2. The number of hydrogen-bond acceptors (Lipinski definition) is 10. The third kappa shape index (κ3) is 4.94. The van der Waals surface area contributed by atoms with Crippen LogP contribution in [0, 0.1) is 57.2 Å². The van der Waals surface area contributed by atoms with Crippen LogP contribution < -0.4 is 0 Å². The zero-order chi connectivity index (χ0) is 26.3. The highest BCUT2D eigenvalue weighted by molar-refractivity contribution is 7.99. The number of carbonyl (C=O) groups is 2. The lowest BCUT2D eigenvalue weighted by atomic mass is 9.51. The molecule has 38 heavy (non-hydrogen) atoms. The van der Waals surface area contributed by atoms with E-state index in [2.05, 4.69) is 9.16 Å². The Bertz CT molecular complexity index is 814. The van der Waals surface area contributed by atoms with E-state index < -0.39 is 11.9 Å². The van der Waals surface area contributed by atoms with Gasteiger partial charge in [0, 0.05) is 33.1 Å². The molecule has 8 aliphatic carbocycles. The molecule has 0 radical (unpaired) electrons. The predicted octanol–water partition coefficient (Wildman–Crippen LogP) is 6.85. The van der Waals surface area contributed by atoms with E-state index in [4.69, 9.17) is 9.47 Å². The molecule has 8 nitrogen and oxygen atoms in total. The van der Waals surface area contributed by atoms with Crippen molar-refractivity contribution >= 4 is 35.8 Å². The van der Waals surface area contributed by atoms with Crippen molar-refractivity contribution in [1.29, 1.82) is 0 Å². The van der Waals surface area contributed by atoms with Crippen LogP contribution >= 0.6 is 23.9 Å². The van der Waals surface area contributed by atoms with Gasteiger partial charge in [-0.1, -0.05) is 0 Å². The van der Waals surface area contributed by atoms with E-state index in [-0.39, 0.29) is 35.5 Å². The van der Waals surface area contributed by atoms with Crippen molar-refractivity contribution < 1.29 is 19.1 Å². The summed E-state index contributed by atoms with van der Waals surface area (Å²) in [4.78, 5) is 47.5. The molecule has 8 rings (SSSR count). The van der Waals surface area contributed by atoms with Gasteiger partial charge < -0.3 is 9.47 Å². The van der Waals surface area contributed by atoms with Gasteiger partial charge in [-0.15, -0.1) is 9.81 Å². The van der Waals surface area contributed by atoms with E-state index in [0.717, 1.165) is 23.7 Å². The fourth-order valence-electron chi connectivity index (χ4n) is 10.3. The second-order valence-corrected chi connectivity index (χ2v) is 15.5. The first-order valence-electron chi connectivity index (χ1n) is 14.8. The lowest BCUT2D eigenvalue weighted by molar-refractivity contribution is -0.151. The maximum atomic E-state index is 12.4. The SMILES string of the molecule is O=NSC1(CCOC(=O)CCC(=O)OCCC2(SN=O)C3CC4CC(C3)CC2C4)C2CC3CC(C2)CC1C3. The molecular weight excluding hydrogens is 524 g/mol. The molecule has 210 valence electrons. The van der Waals surface area contributed by atoms with E-state index in [1.165, 1.54) is 88.1 Å². The van der Waals surface area contributed by atoms with Gasteiger partial charge in [-0.05, 0) is 124 Å². The van der Waals surface area contributed by atoms with Crippen LogP contribution in [-0.2, 0) is 19.1 Å². The van der Waals surface area contributed by atoms with Gasteiger partial charge in [0.1, 0.15) is 0 Å². The van der Waals surface area contributed by atoms with Gasteiger partial charge in [0.2, 0.25) is 0 Å². The quantitative estimate of drug-likeness (QED) is 0.136. The molecule has 8 aliphatic rings. The monoisotopic (exact) mass is 564 g/mol. The number of esters is 2. The molecule has 10 heteroatoms. The standard InChI is InChI=1S/C28H40N2O6S2/c31-25(35-5-3-27(37-29-33)21-9-17-7-18(11-21)12-22(27)10-17)1-2-26(32)36-6-4-28(38-30-34)23-13-19-8-20(15-23)16-24(28)14-19/h17-24H,1-16H2. The topological polar surface area (TPSA) is 111 Å². The Morgan fingerprint density at radius 2 is 0.895 bits per heavy atom. The summed E-state index contributed by atoms with van der Waals surface area (Å²) in [6, 6.07) is 0. The molecule has 8 fully saturated rings. The molecule has 8 saturated carbocycles. The molecule has 8 bridgehead atoms. The van der Waals surface area contributed by atoms with Crippen molar-refractivity contribution in [2.24, 2.45) is 56.5 Å². The molecular formula is C28H40N2O6S2. The number of hydrogen-bond donors (Lipinski definition) is 0. The van der Waals surface area contributed by atoms with Gasteiger partial charge in [0.15, 0.2) is 0 Å². The molecule has 0 heterocycles. The Morgan fingerprint density at radius 1 is 0.579 bits per heavy atom. The predicted molar refractivity (Wildman–Crippen MR) is 147 cm³/mol. The Labute approximate surface area is 233 Å². The maximum Gasteiger partial charge on any atom is 0.306 e. The minimum Gasteiger partial charge on any atom is -0.466 e. The van der Waals surface area contributed by atoms with Crippen molar-refractivity contribution in [3.63, 3.8) is 0 Å². The number of rotatable bonds is 13. The van der Waals surface area contributed by atoms with Crippen LogP contribution in [0.3, 0.4) is 0 Å². The van der Waals surface area contributed by atoms with Gasteiger partial charge in [0.25, 0.3) is 0 Å². The fourth-order valence-corrected chi connectivity index (χ4v) is 12.3. The first-order valence-corrected chi connectivity index (χ1v) is 16.3. The lowest BCUT2D eigenvalue weighted by Gasteiger charge is -2.59. The zero-order valence-electron chi connectivity index (χ0n) is 22.1. The molecule has 0 unspecified atom stereocenters. The summed E-state index contributed by atoms with van der Waals surface area (Å²) in [6.45, 7) is 0.532. The average Bonchev–Trinajstić information content (AvgIpc) is 2.88. The molecule has 0 aromatic rings. The zero-order valence-corrected chi connectivity index (χ0v) is 23.7. The van der Waals surface area contributed by atoms with E-state index in [1.807, 2.05) is 0 Å². The van der Waals surface area contributed by atoms with Crippen molar-refractivity contribution in [2.45, 2.75) is 99.4 Å². The largest absolute Gasteiger partial charge is 0.466 e. The molecule has 0 atom stereocenters. The number of nitrogens with zero attached hydrogens (tertiary/aromatic N) is 2. The van der Waals surface area contributed by atoms with Crippen molar-refractivity contribution in [2.75, 3.05) is 13.2 Å². The van der Waals surface area contributed by atoms with E-state index in [1.54, 1.807) is 0 Å². The highest BCUT2D eigenvalue weighted by Crippen LogP contribution is 2.65. The second kappa shape index (κ2) is 11.0. The summed E-state index contributed by atoms with van der Waals surface area (Å²) in [7, 11) is 0. The Morgan fingerprint density at radius 3 is 1.18 bits per heavy atom. The van der Waals surface area contributed by atoms with Crippen LogP contribution in [0.5, 0.6) is 0 Å². The number of ether oxygens (including phenoxy) is 2. The average molecular weight is 565 g/mol. The molecule has 0 spiro atoms. The van der Waals surface area contributed by atoms with Crippen LogP contribution in [-0.4, -0.2) is 34.6 Å². The normalized spacial score (nSPS) is 43.7. The fraction of sp³-hybridized carbons (Fsp3) is 0.929. The first kappa shape index (κ1) is 27.0. The van der Waals surface area contributed by atoms with Crippen molar-refractivity contribution in [3.8, 4) is 0 Å². The highest BCUT2D eigenvalue weighted by Gasteiger charge is 2.59. The summed E-state index contributed by atoms with van der Waals surface area (Å²) in [6.07, 6.45) is 13.3. The molecule has 0 aromatic carbocycles. The lowest BCUT2D eigenvalue weighted by Crippen LogP contribution is -2.56. The summed E-state index contributed by atoms with van der Waals surface area (Å²) in [5.74, 6) is 4.31. The Hall–Kier alpha value is -1.16. The third-order valence-electron chi connectivity index (χ3n) is 11.5. The van der Waals surface area contributed by atoms with Crippen LogP contribution in [0.4, 0.5) is 0 Å². The molecule has 0 aromatic heterocycles. The first-order chi connectivity index (χ1) is 18.4. The van der Waals surface area contributed by atoms with Gasteiger partial charge in [-0.2, -0.15) is 0 Å².